The van der Waals surface area contributed by atoms with Crippen LogP contribution in [0.1, 0.15) is 32.6 Å². The second-order valence-corrected chi connectivity index (χ2v) is 4.97. The van der Waals surface area contributed by atoms with Crippen molar-refractivity contribution < 1.29 is 23.5 Å². The van der Waals surface area contributed by atoms with Crippen molar-refractivity contribution in [2.24, 2.45) is 0 Å². The SMILES string of the molecule is CCOC(=O)C(=O)NC1CCC(Oc2ncc(F)cn2)CC1. The first kappa shape index (κ1) is 16.1. The van der Waals surface area contributed by atoms with Crippen LogP contribution in [0.4, 0.5) is 4.39 Å². The number of halogens is 1. The number of esters is 1. The van der Waals surface area contributed by atoms with E-state index in [1.54, 1.807) is 6.92 Å². The quantitative estimate of drug-likeness (QED) is 0.658. The van der Waals surface area contributed by atoms with Gasteiger partial charge in [-0.2, -0.15) is 0 Å². The van der Waals surface area contributed by atoms with Gasteiger partial charge in [0.1, 0.15) is 6.10 Å². The summed E-state index contributed by atoms with van der Waals surface area (Å²) in [5.74, 6) is -2.09. The fourth-order valence-corrected chi connectivity index (χ4v) is 2.28. The van der Waals surface area contributed by atoms with E-state index >= 15 is 0 Å². The summed E-state index contributed by atoms with van der Waals surface area (Å²) in [5.41, 5.74) is 0. The van der Waals surface area contributed by atoms with Gasteiger partial charge in [0, 0.05) is 6.04 Å². The standard InChI is InChI=1S/C14H18FN3O4/c1-2-21-13(20)12(19)18-10-3-5-11(6-4-10)22-14-16-7-9(15)8-17-14/h7-8,10-11H,2-6H2,1H3,(H,18,19). The Morgan fingerprint density at radius 1 is 1.27 bits per heavy atom. The average Bonchev–Trinajstić information content (AvgIpc) is 2.51. The maximum Gasteiger partial charge on any atom is 0.396 e. The van der Waals surface area contributed by atoms with Crippen molar-refractivity contribution in [2.45, 2.75) is 44.8 Å². The average molecular weight is 311 g/mol. The van der Waals surface area contributed by atoms with Gasteiger partial charge in [-0.15, -0.1) is 0 Å². The van der Waals surface area contributed by atoms with Crippen LogP contribution in [0.15, 0.2) is 12.4 Å². The molecule has 0 aliphatic heterocycles. The summed E-state index contributed by atoms with van der Waals surface area (Å²) in [6.07, 6.45) is 4.75. The minimum Gasteiger partial charge on any atom is -0.460 e. The topological polar surface area (TPSA) is 90.4 Å². The smallest absolute Gasteiger partial charge is 0.396 e. The van der Waals surface area contributed by atoms with Gasteiger partial charge >= 0.3 is 17.9 Å². The van der Waals surface area contributed by atoms with E-state index in [9.17, 15) is 14.0 Å². The molecule has 0 unspecified atom stereocenters. The number of amides is 1. The summed E-state index contributed by atoms with van der Waals surface area (Å²) in [7, 11) is 0. The van der Waals surface area contributed by atoms with Crippen molar-refractivity contribution in [1.29, 1.82) is 0 Å². The van der Waals surface area contributed by atoms with Gasteiger partial charge in [0.15, 0.2) is 5.82 Å². The molecule has 1 N–H and O–H groups in total. The highest BCUT2D eigenvalue weighted by molar-refractivity contribution is 6.32. The molecule has 1 aliphatic carbocycles. The Bertz CT molecular complexity index is 515. The molecule has 0 bridgehead atoms. The molecule has 7 nitrogen and oxygen atoms in total. The first-order valence-corrected chi connectivity index (χ1v) is 7.20. The van der Waals surface area contributed by atoms with E-state index in [4.69, 9.17) is 4.74 Å². The molecule has 0 saturated heterocycles. The predicted molar refractivity (Wildman–Crippen MR) is 73.4 cm³/mol. The Labute approximate surface area is 127 Å². The third-order valence-electron chi connectivity index (χ3n) is 3.34. The monoisotopic (exact) mass is 311 g/mol. The number of hydrogen-bond acceptors (Lipinski definition) is 6. The summed E-state index contributed by atoms with van der Waals surface area (Å²) in [6, 6.07) is 0.0614. The van der Waals surface area contributed by atoms with E-state index in [2.05, 4.69) is 20.0 Å². The molecular formula is C14H18FN3O4. The van der Waals surface area contributed by atoms with E-state index in [-0.39, 0.29) is 24.8 Å². The summed E-state index contributed by atoms with van der Waals surface area (Å²) in [4.78, 5) is 30.3. The molecule has 1 aliphatic rings. The first-order valence-electron chi connectivity index (χ1n) is 7.20. The van der Waals surface area contributed by atoms with E-state index in [0.29, 0.717) is 25.7 Å². The van der Waals surface area contributed by atoms with Crippen LogP contribution in [0.5, 0.6) is 6.01 Å². The summed E-state index contributed by atoms with van der Waals surface area (Å²) in [5, 5.41) is 2.65. The molecule has 1 aromatic heterocycles. The number of hydrogen-bond donors (Lipinski definition) is 1. The fourth-order valence-electron chi connectivity index (χ4n) is 2.28. The number of aromatic nitrogens is 2. The maximum absolute atomic E-state index is 12.7. The zero-order chi connectivity index (χ0) is 15.9. The lowest BCUT2D eigenvalue weighted by Gasteiger charge is -2.28. The van der Waals surface area contributed by atoms with Crippen LogP contribution in [0.3, 0.4) is 0 Å². The minimum absolute atomic E-state index is 0.0779. The van der Waals surface area contributed by atoms with Crippen molar-refractivity contribution >= 4 is 11.9 Å². The van der Waals surface area contributed by atoms with Crippen molar-refractivity contribution in [1.82, 2.24) is 15.3 Å². The zero-order valence-electron chi connectivity index (χ0n) is 12.3. The van der Waals surface area contributed by atoms with Crippen LogP contribution in [0.25, 0.3) is 0 Å². The van der Waals surface area contributed by atoms with Gasteiger partial charge in [0.05, 0.1) is 19.0 Å². The Balaban J connectivity index is 1.74. The van der Waals surface area contributed by atoms with Gasteiger partial charge in [-0.1, -0.05) is 0 Å². The number of nitrogens with zero attached hydrogens (tertiary/aromatic N) is 2. The van der Waals surface area contributed by atoms with Gasteiger partial charge in [-0.25, -0.2) is 19.2 Å². The summed E-state index contributed by atoms with van der Waals surface area (Å²) < 4.78 is 22.9. The maximum atomic E-state index is 12.7. The fraction of sp³-hybridized carbons (Fsp3) is 0.571. The molecule has 1 amide bonds. The van der Waals surface area contributed by atoms with Crippen LogP contribution in [-0.4, -0.2) is 40.6 Å². The largest absolute Gasteiger partial charge is 0.460 e. The van der Waals surface area contributed by atoms with Gasteiger partial charge in [0.25, 0.3) is 0 Å². The Kier molecular flexibility index (Phi) is 5.62. The number of nitrogens with one attached hydrogen (secondary N) is 1. The third-order valence-corrected chi connectivity index (χ3v) is 3.34. The normalized spacial score (nSPS) is 21.0. The molecule has 1 heterocycles. The highest BCUT2D eigenvalue weighted by Gasteiger charge is 2.26. The predicted octanol–water partition coefficient (Wildman–Crippen LogP) is 0.985. The Morgan fingerprint density at radius 2 is 1.91 bits per heavy atom. The number of ether oxygens (including phenoxy) is 2. The van der Waals surface area contributed by atoms with Crippen molar-refractivity contribution in [3.05, 3.63) is 18.2 Å². The molecule has 0 aromatic carbocycles. The molecule has 1 fully saturated rings. The number of carbonyl (C=O) groups is 2. The Morgan fingerprint density at radius 3 is 2.50 bits per heavy atom. The number of rotatable bonds is 4. The first-order chi connectivity index (χ1) is 10.6. The van der Waals surface area contributed by atoms with Gasteiger partial charge < -0.3 is 14.8 Å². The molecule has 0 radical (unpaired) electrons. The molecule has 1 aromatic rings. The lowest BCUT2D eigenvalue weighted by atomic mass is 9.93. The zero-order valence-corrected chi connectivity index (χ0v) is 12.3. The van der Waals surface area contributed by atoms with E-state index in [1.165, 1.54) is 0 Å². The Hall–Kier alpha value is -2.25. The molecule has 120 valence electrons. The van der Waals surface area contributed by atoms with Crippen LogP contribution in [0, 0.1) is 5.82 Å². The highest BCUT2D eigenvalue weighted by Crippen LogP contribution is 2.22. The molecule has 0 spiro atoms. The van der Waals surface area contributed by atoms with Gasteiger partial charge in [-0.05, 0) is 32.6 Å². The van der Waals surface area contributed by atoms with Crippen LogP contribution >= 0.6 is 0 Å². The minimum atomic E-state index is -0.861. The molecule has 2 rings (SSSR count). The van der Waals surface area contributed by atoms with E-state index < -0.39 is 17.7 Å². The second kappa shape index (κ2) is 7.67. The van der Waals surface area contributed by atoms with Crippen LogP contribution in [0.2, 0.25) is 0 Å². The summed E-state index contributed by atoms with van der Waals surface area (Å²) in [6.45, 7) is 1.82. The third kappa shape index (κ3) is 4.64. The van der Waals surface area contributed by atoms with E-state index in [1.807, 2.05) is 0 Å². The van der Waals surface area contributed by atoms with Crippen molar-refractivity contribution in [3.8, 4) is 6.01 Å². The lowest BCUT2D eigenvalue weighted by molar-refractivity contribution is -0.155. The molecular weight excluding hydrogens is 293 g/mol. The van der Waals surface area contributed by atoms with Gasteiger partial charge in [0.2, 0.25) is 0 Å². The molecule has 1 saturated carbocycles. The summed E-state index contributed by atoms with van der Waals surface area (Å²) >= 11 is 0. The van der Waals surface area contributed by atoms with Crippen LogP contribution in [-0.2, 0) is 14.3 Å². The lowest BCUT2D eigenvalue weighted by Crippen LogP contribution is -2.43. The highest BCUT2D eigenvalue weighted by atomic mass is 19.1. The van der Waals surface area contributed by atoms with Crippen molar-refractivity contribution in [3.63, 3.8) is 0 Å². The van der Waals surface area contributed by atoms with Gasteiger partial charge in [-0.3, -0.25) is 4.79 Å². The molecule has 0 atom stereocenters. The van der Waals surface area contributed by atoms with E-state index in [0.717, 1.165) is 12.4 Å². The molecule has 22 heavy (non-hydrogen) atoms. The number of carbonyl (C=O) groups excluding carboxylic acids is 2. The van der Waals surface area contributed by atoms with Crippen molar-refractivity contribution in [2.75, 3.05) is 6.61 Å². The molecule has 8 heteroatoms. The second-order valence-electron chi connectivity index (χ2n) is 4.97. The van der Waals surface area contributed by atoms with Crippen LogP contribution < -0.4 is 10.1 Å².